The lowest BCUT2D eigenvalue weighted by Crippen LogP contribution is -2.20. The molecular weight excluding hydrogens is 339 g/mol. The van der Waals surface area contributed by atoms with Gasteiger partial charge in [-0.1, -0.05) is 23.2 Å². The third-order valence-corrected chi connectivity index (χ3v) is 3.62. The van der Waals surface area contributed by atoms with Crippen molar-refractivity contribution in [2.45, 2.75) is 6.92 Å². The summed E-state index contributed by atoms with van der Waals surface area (Å²) < 4.78 is 5.34. The van der Waals surface area contributed by atoms with Crippen molar-refractivity contribution in [3.63, 3.8) is 0 Å². The summed E-state index contributed by atoms with van der Waals surface area (Å²) in [6.45, 7) is 1.28. The number of benzene rings is 2. The SMILES string of the molecule is CC(=O)c1ccc(OCC(=O)Nc2cc(Cl)c(N)c(Cl)c2)cc1. The van der Waals surface area contributed by atoms with Crippen LogP contribution < -0.4 is 15.8 Å². The van der Waals surface area contributed by atoms with Gasteiger partial charge in [-0.05, 0) is 43.3 Å². The molecule has 2 aromatic carbocycles. The first-order valence-corrected chi connectivity index (χ1v) is 7.40. The molecule has 0 aliphatic rings. The van der Waals surface area contributed by atoms with E-state index in [1.807, 2.05) is 0 Å². The second kappa shape index (κ2) is 7.35. The molecule has 2 aromatic rings. The number of ketones is 1. The highest BCUT2D eigenvalue weighted by Crippen LogP contribution is 2.31. The quantitative estimate of drug-likeness (QED) is 0.633. The Balaban J connectivity index is 1.93. The van der Waals surface area contributed by atoms with Crippen LogP contribution in [0.15, 0.2) is 36.4 Å². The largest absolute Gasteiger partial charge is 0.484 e. The minimum absolute atomic E-state index is 0.0357. The van der Waals surface area contributed by atoms with Crippen molar-refractivity contribution in [3.05, 3.63) is 52.0 Å². The summed E-state index contributed by atoms with van der Waals surface area (Å²) >= 11 is 11.8. The van der Waals surface area contributed by atoms with Gasteiger partial charge in [-0.25, -0.2) is 0 Å². The van der Waals surface area contributed by atoms with Crippen molar-refractivity contribution < 1.29 is 14.3 Å². The van der Waals surface area contributed by atoms with E-state index >= 15 is 0 Å². The summed E-state index contributed by atoms with van der Waals surface area (Å²) in [4.78, 5) is 23.0. The maximum absolute atomic E-state index is 11.9. The highest BCUT2D eigenvalue weighted by Gasteiger charge is 2.09. The minimum atomic E-state index is -0.377. The third kappa shape index (κ3) is 4.61. The van der Waals surface area contributed by atoms with E-state index in [2.05, 4.69) is 5.32 Å². The molecule has 0 aliphatic heterocycles. The molecule has 1 amide bonds. The first-order valence-electron chi connectivity index (χ1n) is 6.65. The van der Waals surface area contributed by atoms with Gasteiger partial charge in [0, 0.05) is 11.3 Å². The highest BCUT2D eigenvalue weighted by molar-refractivity contribution is 6.39. The Bertz CT molecular complexity index is 722. The molecule has 0 aromatic heterocycles. The normalized spacial score (nSPS) is 10.2. The van der Waals surface area contributed by atoms with Gasteiger partial charge in [0.25, 0.3) is 5.91 Å². The van der Waals surface area contributed by atoms with E-state index < -0.39 is 0 Å². The average molecular weight is 353 g/mol. The Morgan fingerprint density at radius 3 is 2.22 bits per heavy atom. The molecule has 0 saturated carbocycles. The summed E-state index contributed by atoms with van der Waals surface area (Å²) in [5.74, 6) is 0.0717. The van der Waals surface area contributed by atoms with Gasteiger partial charge in [0.15, 0.2) is 12.4 Å². The number of hydrogen-bond donors (Lipinski definition) is 2. The second-order valence-electron chi connectivity index (χ2n) is 4.77. The van der Waals surface area contributed by atoms with E-state index in [4.69, 9.17) is 33.7 Å². The van der Waals surface area contributed by atoms with Crippen molar-refractivity contribution in [3.8, 4) is 5.75 Å². The lowest BCUT2D eigenvalue weighted by atomic mass is 10.1. The number of rotatable bonds is 5. The van der Waals surface area contributed by atoms with Crippen LogP contribution in [0.1, 0.15) is 17.3 Å². The minimum Gasteiger partial charge on any atom is -0.484 e. The maximum atomic E-state index is 11.9. The Morgan fingerprint density at radius 1 is 1.13 bits per heavy atom. The first kappa shape index (κ1) is 17.1. The van der Waals surface area contributed by atoms with Crippen LogP contribution in [0.3, 0.4) is 0 Å². The number of carbonyl (C=O) groups is 2. The number of carbonyl (C=O) groups excluding carboxylic acids is 2. The molecule has 7 heteroatoms. The summed E-state index contributed by atoms with van der Waals surface area (Å²) in [5, 5.41) is 3.12. The van der Waals surface area contributed by atoms with E-state index in [0.29, 0.717) is 17.0 Å². The second-order valence-corrected chi connectivity index (χ2v) is 5.59. The summed E-state index contributed by atoms with van der Waals surface area (Å²) in [5.41, 5.74) is 6.88. The van der Waals surface area contributed by atoms with Crippen LogP contribution in [-0.2, 0) is 4.79 Å². The van der Waals surface area contributed by atoms with Gasteiger partial charge in [0.1, 0.15) is 5.75 Å². The Morgan fingerprint density at radius 2 is 1.70 bits per heavy atom. The topological polar surface area (TPSA) is 81.4 Å². The summed E-state index contributed by atoms with van der Waals surface area (Å²) in [6.07, 6.45) is 0. The number of ether oxygens (including phenoxy) is 1. The van der Waals surface area contributed by atoms with Crippen LogP contribution in [0.5, 0.6) is 5.75 Å². The predicted molar refractivity (Wildman–Crippen MR) is 91.4 cm³/mol. The van der Waals surface area contributed by atoms with Gasteiger partial charge in [-0.2, -0.15) is 0 Å². The Kier molecular flexibility index (Phi) is 5.47. The predicted octanol–water partition coefficient (Wildman–Crippen LogP) is 3.80. The molecule has 0 atom stereocenters. The molecule has 0 spiro atoms. The molecule has 0 saturated heterocycles. The molecule has 0 fully saturated rings. The number of nitrogen functional groups attached to an aromatic ring is 1. The zero-order chi connectivity index (χ0) is 17.0. The number of nitrogens with two attached hydrogens (primary N) is 1. The van der Waals surface area contributed by atoms with Crippen molar-refractivity contribution in [1.29, 1.82) is 0 Å². The zero-order valence-corrected chi connectivity index (χ0v) is 13.7. The van der Waals surface area contributed by atoms with Gasteiger partial charge in [-0.15, -0.1) is 0 Å². The molecule has 120 valence electrons. The fourth-order valence-corrected chi connectivity index (χ4v) is 2.28. The van der Waals surface area contributed by atoms with Crippen molar-refractivity contribution in [1.82, 2.24) is 0 Å². The molecule has 23 heavy (non-hydrogen) atoms. The number of Topliss-reactive ketones (excluding diaryl/α,β-unsaturated/α-hetero) is 1. The zero-order valence-electron chi connectivity index (χ0n) is 12.2. The lowest BCUT2D eigenvalue weighted by molar-refractivity contribution is -0.118. The number of halogens is 2. The molecule has 0 bridgehead atoms. The van der Waals surface area contributed by atoms with Gasteiger partial charge in [0.05, 0.1) is 15.7 Å². The molecular formula is C16H14Cl2N2O3. The molecule has 5 nitrogen and oxygen atoms in total. The van der Waals surface area contributed by atoms with E-state index in [1.54, 1.807) is 24.3 Å². The van der Waals surface area contributed by atoms with Crippen LogP contribution in [0.4, 0.5) is 11.4 Å². The summed E-state index contributed by atoms with van der Waals surface area (Å²) in [6, 6.07) is 9.52. The van der Waals surface area contributed by atoms with Crippen molar-refractivity contribution in [2.75, 3.05) is 17.7 Å². The average Bonchev–Trinajstić information content (AvgIpc) is 2.51. The number of nitrogens with one attached hydrogen (secondary N) is 1. The standard InChI is InChI=1S/C16H14Cl2N2O3/c1-9(21)10-2-4-12(5-3-10)23-8-15(22)20-11-6-13(17)16(19)14(18)7-11/h2-7H,8,19H2,1H3,(H,20,22). The smallest absolute Gasteiger partial charge is 0.262 e. The first-order chi connectivity index (χ1) is 10.9. The van der Waals surface area contributed by atoms with Gasteiger partial charge >= 0.3 is 0 Å². The molecule has 0 aliphatic carbocycles. The van der Waals surface area contributed by atoms with E-state index in [9.17, 15) is 9.59 Å². The third-order valence-electron chi connectivity index (χ3n) is 2.99. The molecule has 2 rings (SSSR count). The van der Waals surface area contributed by atoms with Crippen LogP contribution in [0.2, 0.25) is 10.0 Å². The maximum Gasteiger partial charge on any atom is 0.262 e. The van der Waals surface area contributed by atoms with Gasteiger partial charge in [0.2, 0.25) is 0 Å². The molecule has 0 unspecified atom stereocenters. The number of anilines is 2. The van der Waals surface area contributed by atoms with E-state index in [0.717, 1.165) is 0 Å². The van der Waals surface area contributed by atoms with Crippen LogP contribution in [0, 0.1) is 0 Å². The number of hydrogen-bond acceptors (Lipinski definition) is 4. The van der Waals surface area contributed by atoms with E-state index in [1.165, 1.54) is 19.1 Å². The Labute approximate surface area is 143 Å². The molecule has 3 N–H and O–H groups in total. The van der Waals surface area contributed by atoms with Gasteiger partial charge in [-0.3, -0.25) is 9.59 Å². The highest BCUT2D eigenvalue weighted by atomic mass is 35.5. The molecule has 0 radical (unpaired) electrons. The van der Waals surface area contributed by atoms with Crippen LogP contribution in [0.25, 0.3) is 0 Å². The van der Waals surface area contributed by atoms with Crippen LogP contribution >= 0.6 is 23.2 Å². The summed E-state index contributed by atoms with van der Waals surface area (Å²) in [7, 11) is 0. The fraction of sp³-hybridized carbons (Fsp3) is 0.125. The van der Waals surface area contributed by atoms with E-state index in [-0.39, 0.29) is 34.0 Å². The lowest BCUT2D eigenvalue weighted by Gasteiger charge is -2.10. The Hall–Kier alpha value is -2.24. The monoisotopic (exact) mass is 352 g/mol. The van der Waals surface area contributed by atoms with Crippen molar-refractivity contribution >= 4 is 46.3 Å². The van der Waals surface area contributed by atoms with Crippen molar-refractivity contribution in [2.24, 2.45) is 0 Å². The molecule has 0 heterocycles. The van der Waals surface area contributed by atoms with Crippen LogP contribution in [-0.4, -0.2) is 18.3 Å². The fourth-order valence-electron chi connectivity index (χ4n) is 1.79. The number of amides is 1. The van der Waals surface area contributed by atoms with Gasteiger partial charge < -0.3 is 15.8 Å².